The molecular weight excluding hydrogens is 304 g/mol. The quantitative estimate of drug-likeness (QED) is 0.803. The number of hydrogen-bond acceptors (Lipinski definition) is 3. The van der Waals surface area contributed by atoms with Crippen LogP contribution >= 0.6 is 0 Å². The second-order valence-electron chi connectivity index (χ2n) is 6.37. The number of aromatic amines is 1. The van der Waals surface area contributed by atoms with Crippen molar-refractivity contribution in [1.82, 2.24) is 15.5 Å². The van der Waals surface area contributed by atoms with Gasteiger partial charge in [-0.05, 0) is 26.7 Å². The van der Waals surface area contributed by atoms with E-state index in [0.717, 1.165) is 48.7 Å². The first kappa shape index (κ1) is 16.5. The minimum Gasteiger partial charge on any atom is -0.381 e. The highest BCUT2D eigenvalue weighted by Gasteiger charge is 2.25. The van der Waals surface area contributed by atoms with Gasteiger partial charge in [-0.3, -0.25) is 5.10 Å². The van der Waals surface area contributed by atoms with E-state index in [1.54, 1.807) is 0 Å². The number of urea groups is 1. The molecule has 1 saturated heterocycles. The van der Waals surface area contributed by atoms with Gasteiger partial charge >= 0.3 is 6.03 Å². The van der Waals surface area contributed by atoms with Crippen molar-refractivity contribution in [3.63, 3.8) is 0 Å². The van der Waals surface area contributed by atoms with Gasteiger partial charge in [0.15, 0.2) is 0 Å². The second kappa shape index (κ2) is 7.49. The van der Waals surface area contributed by atoms with E-state index in [4.69, 9.17) is 4.74 Å². The summed E-state index contributed by atoms with van der Waals surface area (Å²) < 4.78 is 5.45. The zero-order valence-corrected chi connectivity index (χ0v) is 14.1. The van der Waals surface area contributed by atoms with Gasteiger partial charge < -0.3 is 15.4 Å². The van der Waals surface area contributed by atoms with Gasteiger partial charge in [0.25, 0.3) is 0 Å². The van der Waals surface area contributed by atoms with E-state index in [9.17, 15) is 4.79 Å². The maximum absolute atomic E-state index is 12.3. The summed E-state index contributed by atoms with van der Waals surface area (Å²) in [6.45, 7) is 5.35. The monoisotopic (exact) mass is 328 g/mol. The summed E-state index contributed by atoms with van der Waals surface area (Å²) in [7, 11) is 0. The SMILES string of the molecule is CC(C)NC(=O)Nc1c(-c2ccccc2)n[nH]c1C1CCOCC1. The fourth-order valence-corrected chi connectivity index (χ4v) is 2.98. The van der Waals surface area contributed by atoms with Gasteiger partial charge in [-0.2, -0.15) is 5.10 Å². The van der Waals surface area contributed by atoms with Crippen molar-refractivity contribution in [3.05, 3.63) is 36.0 Å². The molecule has 0 bridgehead atoms. The number of H-pyrrole nitrogens is 1. The smallest absolute Gasteiger partial charge is 0.319 e. The van der Waals surface area contributed by atoms with Crippen molar-refractivity contribution in [1.29, 1.82) is 0 Å². The molecule has 3 rings (SSSR count). The normalized spacial score (nSPS) is 15.5. The zero-order chi connectivity index (χ0) is 16.9. The second-order valence-corrected chi connectivity index (χ2v) is 6.37. The highest BCUT2D eigenvalue weighted by molar-refractivity contribution is 5.94. The Labute approximate surface area is 142 Å². The number of amides is 2. The highest BCUT2D eigenvalue weighted by Crippen LogP contribution is 2.36. The lowest BCUT2D eigenvalue weighted by Gasteiger charge is -2.22. The number of ether oxygens (including phenoxy) is 1. The Morgan fingerprint density at radius 1 is 1.25 bits per heavy atom. The molecule has 0 unspecified atom stereocenters. The molecule has 0 atom stereocenters. The molecule has 6 nitrogen and oxygen atoms in total. The minimum atomic E-state index is -0.211. The molecule has 0 spiro atoms. The Morgan fingerprint density at radius 2 is 1.96 bits per heavy atom. The van der Waals surface area contributed by atoms with Crippen LogP contribution in [-0.4, -0.2) is 35.5 Å². The molecule has 1 fully saturated rings. The average Bonchev–Trinajstić information content (AvgIpc) is 2.99. The lowest BCUT2D eigenvalue weighted by Crippen LogP contribution is -2.34. The predicted octanol–water partition coefficient (Wildman–Crippen LogP) is 3.50. The number of nitrogens with one attached hydrogen (secondary N) is 3. The minimum absolute atomic E-state index is 0.0728. The fourth-order valence-electron chi connectivity index (χ4n) is 2.98. The van der Waals surface area contributed by atoms with Gasteiger partial charge in [0, 0.05) is 30.7 Å². The van der Waals surface area contributed by atoms with Crippen molar-refractivity contribution in [2.45, 2.75) is 38.6 Å². The van der Waals surface area contributed by atoms with Crippen LogP contribution in [0, 0.1) is 0 Å². The summed E-state index contributed by atoms with van der Waals surface area (Å²) in [6, 6.07) is 9.76. The summed E-state index contributed by atoms with van der Waals surface area (Å²) >= 11 is 0. The van der Waals surface area contributed by atoms with Crippen LogP contribution in [0.4, 0.5) is 10.5 Å². The fraction of sp³-hybridized carbons (Fsp3) is 0.444. The molecule has 1 aromatic carbocycles. The molecule has 2 amide bonds. The van der Waals surface area contributed by atoms with E-state index in [1.807, 2.05) is 44.2 Å². The first-order valence-electron chi connectivity index (χ1n) is 8.44. The topological polar surface area (TPSA) is 79.0 Å². The third-order valence-electron chi connectivity index (χ3n) is 4.13. The molecular formula is C18H24N4O2. The maximum atomic E-state index is 12.3. The Morgan fingerprint density at radius 3 is 2.62 bits per heavy atom. The number of carbonyl (C=O) groups excluding carboxylic acids is 1. The van der Waals surface area contributed by atoms with Crippen molar-refractivity contribution >= 4 is 11.7 Å². The van der Waals surface area contributed by atoms with E-state index < -0.39 is 0 Å². The van der Waals surface area contributed by atoms with Gasteiger partial charge in [0.1, 0.15) is 5.69 Å². The van der Waals surface area contributed by atoms with E-state index in [0.29, 0.717) is 5.92 Å². The lowest BCUT2D eigenvalue weighted by atomic mass is 9.94. The zero-order valence-electron chi connectivity index (χ0n) is 14.1. The lowest BCUT2D eigenvalue weighted by molar-refractivity contribution is 0.0846. The average molecular weight is 328 g/mol. The Bertz CT molecular complexity index is 676. The van der Waals surface area contributed by atoms with Crippen molar-refractivity contribution in [3.8, 4) is 11.3 Å². The number of nitrogens with zero attached hydrogens (tertiary/aromatic N) is 1. The molecule has 2 heterocycles. The van der Waals surface area contributed by atoms with E-state index in [-0.39, 0.29) is 12.1 Å². The molecule has 1 aliphatic rings. The van der Waals surface area contributed by atoms with E-state index in [1.165, 1.54) is 0 Å². The van der Waals surface area contributed by atoms with Crippen LogP contribution in [0.3, 0.4) is 0 Å². The number of aromatic nitrogens is 2. The highest BCUT2D eigenvalue weighted by atomic mass is 16.5. The molecule has 3 N–H and O–H groups in total. The molecule has 1 aromatic heterocycles. The number of carbonyl (C=O) groups is 1. The number of anilines is 1. The maximum Gasteiger partial charge on any atom is 0.319 e. The summed E-state index contributed by atoms with van der Waals surface area (Å²) in [5.74, 6) is 0.318. The third kappa shape index (κ3) is 3.76. The first-order chi connectivity index (χ1) is 11.6. The van der Waals surface area contributed by atoms with Gasteiger partial charge in [-0.1, -0.05) is 30.3 Å². The Balaban J connectivity index is 1.93. The van der Waals surface area contributed by atoms with Crippen LogP contribution in [0.2, 0.25) is 0 Å². The van der Waals surface area contributed by atoms with Crippen LogP contribution in [-0.2, 0) is 4.74 Å². The Kier molecular flexibility index (Phi) is 5.15. The van der Waals surface area contributed by atoms with Crippen molar-refractivity contribution in [2.75, 3.05) is 18.5 Å². The summed E-state index contributed by atoms with van der Waals surface area (Å²) in [5, 5.41) is 13.5. The summed E-state index contributed by atoms with van der Waals surface area (Å²) in [6.07, 6.45) is 1.85. The van der Waals surface area contributed by atoms with Gasteiger partial charge in [-0.15, -0.1) is 0 Å². The van der Waals surface area contributed by atoms with Crippen LogP contribution in [0.15, 0.2) is 30.3 Å². The standard InChI is InChI=1S/C18H24N4O2/c1-12(2)19-18(23)20-17-15(13-6-4-3-5-7-13)21-22-16(17)14-8-10-24-11-9-14/h3-7,12,14H,8-11H2,1-2H3,(H,21,22)(H2,19,20,23). The Hall–Kier alpha value is -2.34. The largest absolute Gasteiger partial charge is 0.381 e. The summed E-state index contributed by atoms with van der Waals surface area (Å²) in [4.78, 5) is 12.3. The first-order valence-corrected chi connectivity index (χ1v) is 8.44. The molecule has 24 heavy (non-hydrogen) atoms. The predicted molar refractivity (Wildman–Crippen MR) is 94.1 cm³/mol. The van der Waals surface area contributed by atoms with Gasteiger partial charge in [0.05, 0.1) is 11.4 Å². The molecule has 0 aliphatic carbocycles. The van der Waals surface area contributed by atoms with Crippen LogP contribution < -0.4 is 10.6 Å². The van der Waals surface area contributed by atoms with Crippen molar-refractivity contribution < 1.29 is 9.53 Å². The molecule has 6 heteroatoms. The van der Waals surface area contributed by atoms with Crippen LogP contribution in [0.5, 0.6) is 0 Å². The van der Waals surface area contributed by atoms with E-state index in [2.05, 4.69) is 20.8 Å². The van der Waals surface area contributed by atoms with Crippen molar-refractivity contribution in [2.24, 2.45) is 0 Å². The van der Waals surface area contributed by atoms with Crippen LogP contribution in [0.1, 0.15) is 38.3 Å². The molecule has 0 radical (unpaired) electrons. The van der Waals surface area contributed by atoms with Crippen LogP contribution in [0.25, 0.3) is 11.3 Å². The number of hydrogen-bond donors (Lipinski definition) is 3. The molecule has 0 saturated carbocycles. The molecule has 2 aromatic rings. The number of rotatable bonds is 4. The summed E-state index contributed by atoms with van der Waals surface area (Å²) in [5.41, 5.74) is 3.50. The van der Waals surface area contributed by atoms with Gasteiger partial charge in [0.2, 0.25) is 0 Å². The third-order valence-corrected chi connectivity index (χ3v) is 4.13. The number of benzene rings is 1. The molecule has 128 valence electrons. The van der Waals surface area contributed by atoms with E-state index >= 15 is 0 Å². The van der Waals surface area contributed by atoms with Gasteiger partial charge in [-0.25, -0.2) is 4.79 Å². The molecule has 1 aliphatic heterocycles.